The molecule has 1 unspecified atom stereocenters. The maximum absolute atomic E-state index is 12.0. The van der Waals surface area contributed by atoms with Gasteiger partial charge in [-0.25, -0.2) is 13.4 Å². The topological polar surface area (TPSA) is 80.5 Å². The highest BCUT2D eigenvalue weighted by Gasteiger charge is 2.34. The molecule has 2 rings (SSSR count). The molecule has 0 bridgehead atoms. The molecular weight excluding hydrogens is 244 g/mol. The van der Waals surface area contributed by atoms with Gasteiger partial charge in [-0.3, -0.25) is 4.79 Å². The van der Waals surface area contributed by atoms with Crippen molar-refractivity contribution < 1.29 is 17.6 Å². The van der Waals surface area contributed by atoms with E-state index in [1.54, 1.807) is 0 Å². The summed E-state index contributed by atoms with van der Waals surface area (Å²) in [6.45, 7) is 2.28. The molecule has 0 aliphatic carbocycles. The van der Waals surface area contributed by atoms with E-state index in [1.165, 1.54) is 17.5 Å². The maximum atomic E-state index is 12.0. The van der Waals surface area contributed by atoms with Gasteiger partial charge < -0.3 is 9.32 Å². The van der Waals surface area contributed by atoms with Crippen molar-refractivity contribution in [1.82, 2.24) is 9.88 Å². The SMILES string of the molecule is CCN(C(=O)c1cnco1)C1CCS(=O)(=O)C1. The molecule has 0 saturated carbocycles. The molecule has 17 heavy (non-hydrogen) atoms. The highest BCUT2D eigenvalue weighted by molar-refractivity contribution is 7.91. The Bertz CT molecular complexity index is 494. The van der Waals surface area contributed by atoms with Crippen molar-refractivity contribution in [2.75, 3.05) is 18.1 Å². The highest BCUT2D eigenvalue weighted by Crippen LogP contribution is 2.19. The Morgan fingerprint density at radius 2 is 2.41 bits per heavy atom. The molecule has 94 valence electrons. The number of amides is 1. The fraction of sp³-hybridized carbons (Fsp3) is 0.600. The van der Waals surface area contributed by atoms with E-state index in [2.05, 4.69) is 4.98 Å². The minimum absolute atomic E-state index is 0.0424. The first-order valence-corrected chi connectivity index (χ1v) is 7.25. The van der Waals surface area contributed by atoms with Crippen molar-refractivity contribution in [1.29, 1.82) is 0 Å². The monoisotopic (exact) mass is 258 g/mol. The Morgan fingerprint density at radius 1 is 1.65 bits per heavy atom. The molecule has 1 aromatic rings. The van der Waals surface area contributed by atoms with Gasteiger partial charge in [0.15, 0.2) is 16.2 Å². The average molecular weight is 258 g/mol. The van der Waals surface area contributed by atoms with Gasteiger partial charge in [0, 0.05) is 12.6 Å². The molecule has 0 spiro atoms. The van der Waals surface area contributed by atoms with Crippen LogP contribution in [0.25, 0.3) is 0 Å². The summed E-state index contributed by atoms with van der Waals surface area (Å²) < 4.78 is 27.7. The van der Waals surface area contributed by atoms with Gasteiger partial charge in [0.1, 0.15) is 0 Å². The Hall–Kier alpha value is -1.37. The van der Waals surface area contributed by atoms with E-state index < -0.39 is 9.84 Å². The molecular formula is C10H14N2O4S. The van der Waals surface area contributed by atoms with Gasteiger partial charge in [0.2, 0.25) is 5.76 Å². The minimum atomic E-state index is -2.99. The van der Waals surface area contributed by atoms with Crippen LogP contribution in [0.4, 0.5) is 0 Å². The molecule has 1 fully saturated rings. The summed E-state index contributed by atoms with van der Waals surface area (Å²) in [5.74, 6) is 0.0433. The van der Waals surface area contributed by atoms with E-state index >= 15 is 0 Å². The van der Waals surface area contributed by atoms with Crippen LogP contribution in [0.5, 0.6) is 0 Å². The summed E-state index contributed by atoms with van der Waals surface area (Å²) in [5.41, 5.74) is 0. The third-order valence-corrected chi connectivity index (χ3v) is 4.64. The number of sulfone groups is 1. The van der Waals surface area contributed by atoms with Crippen molar-refractivity contribution in [2.45, 2.75) is 19.4 Å². The van der Waals surface area contributed by atoms with Gasteiger partial charge in [-0.1, -0.05) is 0 Å². The Labute approximate surface area is 99.5 Å². The van der Waals surface area contributed by atoms with Crippen LogP contribution < -0.4 is 0 Å². The summed E-state index contributed by atoms with van der Waals surface area (Å²) in [4.78, 5) is 17.2. The van der Waals surface area contributed by atoms with Gasteiger partial charge in [0.25, 0.3) is 5.91 Å². The Morgan fingerprint density at radius 3 is 2.88 bits per heavy atom. The van der Waals surface area contributed by atoms with Crippen LogP contribution in [-0.4, -0.2) is 48.3 Å². The van der Waals surface area contributed by atoms with Crippen LogP contribution in [0.3, 0.4) is 0 Å². The fourth-order valence-electron chi connectivity index (χ4n) is 2.05. The van der Waals surface area contributed by atoms with Crippen molar-refractivity contribution in [3.8, 4) is 0 Å². The predicted octanol–water partition coefficient (Wildman–Crippen LogP) is 0.324. The summed E-state index contributed by atoms with van der Waals surface area (Å²) in [6.07, 6.45) is 3.02. The summed E-state index contributed by atoms with van der Waals surface area (Å²) >= 11 is 0. The van der Waals surface area contributed by atoms with E-state index in [1.807, 2.05) is 6.92 Å². The van der Waals surface area contributed by atoms with Gasteiger partial charge >= 0.3 is 0 Å². The lowest BCUT2D eigenvalue weighted by molar-refractivity contribution is 0.0676. The second-order valence-corrected chi connectivity index (χ2v) is 6.24. The number of oxazole rings is 1. The number of hydrogen-bond acceptors (Lipinski definition) is 5. The number of nitrogens with zero attached hydrogens (tertiary/aromatic N) is 2. The first-order valence-electron chi connectivity index (χ1n) is 5.43. The van der Waals surface area contributed by atoms with Gasteiger partial charge in [-0.15, -0.1) is 0 Å². The Kier molecular flexibility index (Phi) is 3.19. The van der Waals surface area contributed by atoms with Crippen LogP contribution >= 0.6 is 0 Å². The normalized spacial score (nSPS) is 22.5. The van der Waals surface area contributed by atoms with Crippen LogP contribution in [-0.2, 0) is 9.84 Å². The second-order valence-electron chi connectivity index (χ2n) is 4.01. The first-order chi connectivity index (χ1) is 8.03. The van der Waals surface area contributed by atoms with Gasteiger partial charge in [-0.2, -0.15) is 0 Å². The van der Waals surface area contributed by atoms with Gasteiger partial charge in [0.05, 0.1) is 17.7 Å². The van der Waals surface area contributed by atoms with Crippen LogP contribution in [0.2, 0.25) is 0 Å². The largest absolute Gasteiger partial charge is 0.438 e. The quantitative estimate of drug-likeness (QED) is 0.780. The molecule has 6 nitrogen and oxygen atoms in total. The molecule has 1 aliphatic heterocycles. The predicted molar refractivity (Wildman–Crippen MR) is 60.3 cm³/mol. The molecule has 7 heteroatoms. The number of carbonyl (C=O) groups is 1. The first kappa shape index (κ1) is 12.1. The van der Waals surface area contributed by atoms with E-state index in [0.29, 0.717) is 13.0 Å². The smallest absolute Gasteiger partial charge is 0.291 e. The molecule has 0 aromatic carbocycles. The van der Waals surface area contributed by atoms with E-state index in [9.17, 15) is 13.2 Å². The molecule has 1 aliphatic rings. The van der Waals surface area contributed by atoms with Crippen molar-refractivity contribution >= 4 is 15.7 Å². The minimum Gasteiger partial charge on any atom is -0.438 e. The third kappa shape index (κ3) is 2.49. The molecule has 2 heterocycles. The second kappa shape index (κ2) is 4.48. The highest BCUT2D eigenvalue weighted by atomic mass is 32.2. The van der Waals surface area contributed by atoms with Crippen molar-refractivity contribution in [2.24, 2.45) is 0 Å². The number of carbonyl (C=O) groups excluding carboxylic acids is 1. The number of aromatic nitrogens is 1. The molecule has 1 saturated heterocycles. The summed E-state index contributed by atoms with van der Waals surface area (Å²) in [7, 11) is -2.99. The molecule has 1 amide bonds. The standard InChI is InChI=1S/C10H14N2O4S/c1-2-12(8-3-4-17(14,15)6-8)10(13)9-5-11-7-16-9/h5,7-8H,2-4,6H2,1H3. The zero-order valence-corrected chi connectivity index (χ0v) is 10.3. The lowest BCUT2D eigenvalue weighted by Gasteiger charge is -2.25. The maximum Gasteiger partial charge on any atom is 0.291 e. The van der Waals surface area contributed by atoms with E-state index in [-0.39, 0.29) is 29.2 Å². The summed E-state index contributed by atoms with van der Waals surface area (Å²) in [5, 5.41) is 0. The number of hydrogen-bond donors (Lipinski definition) is 0. The average Bonchev–Trinajstić information content (AvgIpc) is 2.88. The number of rotatable bonds is 3. The zero-order chi connectivity index (χ0) is 12.5. The third-order valence-electron chi connectivity index (χ3n) is 2.89. The van der Waals surface area contributed by atoms with Crippen LogP contribution in [0.15, 0.2) is 17.0 Å². The fourth-order valence-corrected chi connectivity index (χ4v) is 3.78. The molecule has 1 atom stereocenters. The Balaban J connectivity index is 2.15. The van der Waals surface area contributed by atoms with E-state index in [4.69, 9.17) is 4.42 Å². The lowest BCUT2D eigenvalue weighted by atomic mass is 10.2. The molecule has 0 N–H and O–H groups in total. The van der Waals surface area contributed by atoms with Crippen LogP contribution in [0, 0.1) is 0 Å². The summed E-state index contributed by atoms with van der Waals surface area (Å²) in [6, 6.07) is -0.248. The van der Waals surface area contributed by atoms with Crippen molar-refractivity contribution in [3.63, 3.8) is 0 Å². The van der Waals surface area contributed by atoms with Gasteiger partial charge in [-0.05, 0) is 13.3 Å². The van der Waals surface area contributed by atoms with Crippen molar-refractivity contribution in [3.05, 3.63) is 18.4 Å². The molecule has 0 radical (unpaired) electrons. The lowest BCUT2D eigenvalue weighted by Crippen LogP contribution is -2.40. The van der Waals surface area contributed by atoms with Crippen LogP contribution in [0.1, 0.15) is 23.9 Å². The molecule has 1 aromatic heterocycles. The zero-order valence-electron chi connectivity index (χ0n) is 9.50. The van der Waals surface area contributed by atoms with E-state index in [0.717, 1.165) is 0 Å².